The van der Waals surface area contributed by atoms with Crippen molar-refractivity contribution >= 4 is 5.65 Å². The molecular weight excluding hydrogens is 216 g/mol. The summed E-state index contributed by atoms with van der Waals surface area (Å²) in [5, 5.41) is 4.49. The van der Waals surface area contributed by atoms with Gasteiger partial charge in [-0.2, -0.15) is 5.10 Å². The topological polar surface area (TPSA) is 65.4 Å². The van der Waals surface area contributed by atoms with Crippen LogP contribution >= 0.6 is 0 Å². The third kappa shape index (κ3) is 2.03. The first kappa shape index (κ1) is 10.7. The molecule has 1 unspecified atom stereocenters. The monoisotopic (exact) mass is 232 g/mol. The minimum absolute atomic E-state index is 0.286. The van der Waals surface area contributed by atoms with Crippen LogP contribution in [0.25, 0.3) is 5.65 Å². The van der Waals surface area contributed by atoms with Crippen molar-refractivity contribution in [2.24, 2.45) is 5.73 Å². The zero-order valence-corrected chi connectivity index (χ0v) is 9.67. The van der Waals surface area contributed by atoms with Crippen LogP contribution in [0.1, 0.15) is 24.4 Å². The van der Waals surface area contributed by atoms with E-state index in [0.29, 0.717) is 6.54 Å². The number of pyridine rings is 1. The van der Waals surface area contributed by atoms with Gasteiger partial charge in [0.2, 0.25) is 0 Å². The molecule has 1 atom stereocenters. The van der Waals surface area contributed by atoms with Gasteiger partial charge < -0.3 is 10.5 Å². The van der Waals surface area contributed by atoms with Gasteiger partial charge in [0.05, 0.1) is 11.8 Å². The standard InChI is InChI=1S/C12H16N4O/c13-8-9-3-1-5-12-14-11(15-16(9)12)7-10-4-2-6-17-10/h1,3,5,10H,2,4,6-8,13H2. The Kier molecular flexibility index (Phi) is 2.78. The first-order valence-corrected chi connectivity index (χ1v) is 6.02. The fourth-order valence-corrected chi connectivity index (χ4v) is 2.25. The van der Waals surface area contributed by atoms with E-state index in [9.17, 15) is 0 Å². The molecule has 0 aromatic carbocycles. The maximum atomic E-state index is 5.68. The Morgan fingerprint density at radius 2 is 2.41 bits per heavy atom. The van der Waals surface area contributed by atoms with Crippen LogP contribution in [0.4, 0.5) is 0 Å². The summed E-state index contributed by atoms with van der Waals surface area (Å²) in [6, 6.07) is 5.88. The second-order valence-corrected chi connectivity index (χ2v) is 4.36. The van der Waals surface area contributed by atoms with Crippen LogP contribution in [-0.2, 0) is 17.7 Å². The second kappa shape index (κ2) is 4.43. The van der Waals surface area contributed by atoms with Crippen molar-refractivity contribution in [1.82, 2.24) is 14.6 Å². The normalized spacial score (nSPS) is 20.2. The van der Waals surface area contributed by atoms with E-state index in [2.05, 4.69) is 10.1 Å². The van der Waals surface area contributed by atoms with Crippen LogP contribution in [0, 0.1) is 0 Å². The highest BCUT2D eigenvalue weighted by Gasteiger charge is 2.18. The van der Waals surface area contributed by atoms with Crippen LogP contribution in [0.15, 0.2) is 18.2 Å². The highest BCUT2D eigenvalue weighted by atomic mass is 16.5. The Morgan fingerprint density at radius 1 is 1.47 bits per heavy atom. The summed E-state index contributed by atoms with van der Waals surface area (Å²) < 4.78 is 7.42. The van der Waals surface area contributed by atoms with Gasteiger partial charge in [-0.25, -0.2) is 9.50 Å². The molecule has 1 aliphatic heterocycles. The average Bonchev–Trinajstić information content (AvgIpc) is 2.97. The summed E-state index contributed by atoms with van der Waals surface area (Å²) >= 11 is 0. The van der Waals surface area contributed by atoms with E-state index in [1.807, 2.05) is 22.7 Å². The SMILES string of the molecule is NCc1cccc2nc(CC3CCCO3)nn12. The summed E-state index contributed by atoms with van der Waals surface area (Å²) in [5.74, 6) is 0.845. The lowest BCUT2D eigenvalue weighted by atomic mass is 10.2. The quantitative estimate of drug-likeness (QED) is 0.854. The Bertz CT molecular complexity index is 516. The van der Waals surface area contributed by atoms with E-state index in [4.69, 9.17) is 10.5 Å². The summed E-state index contributed by atoms with van der Waals surface area (Å²) in [6.07, 6.45) is 3.34. The van der Waals surface area contributed by atoms with Crippen molar-refractivity contribution in [2.45, 2.75) is 31.9 Å². The predicted octanol–water partition coefficient (Wildman–Crippen LogP) is 0.909. The molecule has 2 N–H and O–H groups in total. The number of hydrogen-bond acceptors (Lipinski definition) is 4. The van der Waals surface area contributed by atoms with Crippen molar-refractivity contribution in [3.8, 4) is 0 Å². The Morgan fingerprint density at radius 3 is 3.18 bits per heavy atom. The maximum absolute atomic E-state index is 5.68. The van der Waals surface area contributed by atoms with Gasteiger partial charge in [-0.1, -0.05) is 6.07 Å². The van der Waals surface area contributed by atoms with Gasteiger partial charge in [0.25, 0.3) is 0 Å². The van der Waals surface area contributed by atoms with E-state index >= 15 is 0 Å². The van der Waals surface area contributed by atoms with Gasteiger partial charge in [-0.05, 0) is 25.0 Å². The lowest BCUT2D eigenvalue weighted by molar-refractivity contribution is 0.110. The van der Waals surface area contributed by atoms with Crippen molar-refractivity contribution in [3.63, 3.8) is 0 Å². The predicted molar refractivity (Wildman–Crippen MR) is 63.6 cm³/mol. The summed E-state index contributed by atoms with van der Waals surface area (Å²) in [6.45, 7) is 1.34. The second-order valence-electron chi connectivity index (χ2n) is 4.36. The largest absolute Gasteiger partial charge is 0.378 e. The van der Waals surface area contributed by atoms with Gasteiger partial charge in [-0.3, -0.25) is 0 Å². The first-order chi connectivity index (χ1) is 8.36. The number of ether oxygens (including phenoxy) is 1. The molecule has 0 aliphatic carbocycles. The van der Waals surface area contributed by atoms with Crippen molar-refractivity contribution in [3.05, 3.63) is 29.7 Å². The fraction of sp³-hybridized carbons (Fsp3) is 0.500. The molecule has 1 saturated heterocycles. The zero-order valence-electron chi connectivity index (χ0n) is 9.67. The molecule has 3 heterocycles. The Labute approximate surface area is 99.6 Å². The van der Waals surface area contributed by atoms with E-state index in [0.717, 1.165) is 43.0 Å². The van der Waals surface area contributed by atoms with Gasteiger partial charge >= 0.3 is 0 Å². The molecule has 2 aromatic heterocycles. The summed E-state index contributed by atoms with van der Waals surface area (Å²) in [4.78, 5) is 4.50. The third-order valence-electron chi connectivity index (χ3n) is 3.13. The summed E-state index contributed by atoms with van der Waals surface area (Å²) in [5.41, 5.74) is 7.52. The first-order valence-electron chi connectivity index (χ1n) is 6.02. The van der Waals surface area contributed by atoms with Crippen molar-refractivity contribution in [2.75, 3.05) is 6.61 Å². The highest BCUT2D eigenvalue weighted by Crippen LogP contribution is 2.16. The molecule has 0 saturated carbocycles. The van der Waals surface area contributed by atoms with Crippen LogP contribution in [0.5, 0.6) is 0 Å². The molecule has 0 bridgehead atoms. The van der Waals surface area contributed by atoms with Crippen molar-refractivity contribution < 1.29 is 4.74 Å². The molecule has 0 spiro atoms. The van der Waals surface area contributed by atoms with E-state index in [1.165, 1.54) is 0 Å². The number of nitrogens with two attached hydrogens (primary N) is 1. The molecule has 0 radical (unpaired) electrons. The van der Waals surface area contributed by atoms with E-state index in [-0.39, 0.29) is 6.10 Å². The number of nitrogens with zero attached hydrogens (tertiary/aromatic N) is 3. The van der Waals surface area contributed by atoms with Crippen LogP contribution in [0.3, 0.4) is 0 Å². The Hall–Kier alpha value is -1.46. The zero-order chi connectivity index (χ0) is 11.7. The molecule has 5 heteroatoms. The minimum atomic E-state index is 0.286. The smallest absolute Gasteiger partial charge is 0.155 e. The number of rotatable bonds is 3. The summed E-state index contributed by atoms with van der Waals surface area (Å²) in [7, 11) is 0. The maximum Gasteiger partial charge on any atom is 0.155 e. The third-order valence-corrected chi connectivity index (χ3v) is 3.13. The van der Waals surface area contributed by atoms with Crippen LogP contribution in [0.2, 0.25) is 0 Å². The number of fused-ring (bicyclic) bond motifs is 1. The Balaban J connectivity index is 1.90. The molecule has 17 heavy (non-hydrogen) atoms. The molecule has 90 valence electrons. The molecule has 1 fully saturated rings. The van der Waals surface area contributed by atoms with Gasteiger partial charge in [0.1, 0.15) is 0 Å². The van der Waals surface area contributed by atoms with Crippen LogP contribution < -0.4 is 5.73 Å². The van der Waals surface area contributed by atoms with Crippen LogP contribution in [-0.4, -0.2) is 27.3 Å². The molecule has 0 amide bonds. The molecule has 1 aliphatic rings. The van der Waals surface area contributed by atoms with E-state index in [1.54, 1.807) is 0 Å². The van der Waals surface area contributed by atoms with Gasteiger partial charge in [0, 0.05) is 19.6 Å². The van der Waals surface area contributed by atoms with Gasteiger partial charge in [-0.15, -0.1) is 0 Å². The van der Waals surface area contributed by atoms with E-state index < -0.39 is 0 Å². The highest BCUT2D eigenvalue weighted by molar-refractivity contribution is 5.38. The number of hydrogen-bond donors (Lipinski definition) is 1. The number of aromatic nitrogens is 3. The van der Waals surface area contributed by atoms with Crippen molar-refractivity contribution in [1.29, 1.82) is 0 Å². The molecule has 2 aromatic rings. The average molecular weight is 232 g/mol. The molecule has 3 rings (SSSR count). The molecular formula is C12H16N4O. The van der Waals surface area contributed by atoms with Gasteiger partial charge in [0.15, 0.2) is 11.5 Å². The lowest BCUT2D eigenvalue weighted by Gasteiger charge is -2.04. The lowest BCUT2D eigenvalue weighted by Crippen LogP contribution is -2.10. The molecule has 5 nitrogen and oxygen atoms in total. The fourth-order valence-electron chi connectivity index (χ4n) is 2.25. The minimum Gasteiger partial charge on any atom is -0.378 e.